The number of carbonyl (C=O) groups excluding carboxylic acids is 1. The standard InChI is InChI=1S/C14H21NO3/c1-3-4-5-6-9-18-14(16)11-7-8-13(17-2)12(15)10-11/h7-8,10H,3-6,9,15H2,1-2H3. The molecule has 0 atom stereocenters. The van der Waals surface area contributed by atoms with Gasteiger partial charge < -0.3 is 15.2 Å². The molecule has 100 valence electrons. The summed E-state index contributed by atoms with van der Waals surface area (Å²) in [5, 5.41) is 0. The number of esters is 1. The highest BCUT2D eigenvalue weighted by atomic mass is 16.5. The topological polar surface area (TPSA) is 61.5 Å². The average Bonchev–Trinajstić information content (AvgIpc) is 2.38. The van der Waals surface area contributed by atoms with Gasteiger partial charge in [-0.1, -0.05) is 26.2 Å². The van der Waals surface area contributed by atoms with Crippen LogP contribution in [0.15, 0.2) is 18.2 Å². The fourth-order valence-electron chi connectivity index (χ4n) is 1.64. The zero-order valence-electron chi connectivity index (χ0n) is 11.1. The largest absolute Gasteiger partial charge is 0.495 e. The van der Waals surface area contributed by atoms with Crippen molar-refractivity contribution in [2.75, 3.05) is 19.5 Å². The number of hydrogen-bond acceptors (Lipinski definition) is 4. The zero-order chi connectivity index (χ0) is 13.4. The molecule has 2 N–H and O–H groups in total. The van der Waals surface area contributed by atoms with Gasteiger partial charge in [0.25, 0.3) is 0 Å². The van der Waals surface area contributed by atoms with Gasteiger partial charge in [-0.25, -0.2) is 4.79 Å². The van der Waals surface area contributed by atoms with Crippen LogP contribution >= 0.6 is 0 Å². The minimum atomic E-state index is -0.333. The molecule has 0 heterocycles. The van der Waals surface area contributed by atoms with Gasteiger partial charge in [0.2, 0.25) is 0 Å². The van der Waals surface area contributed by atoms with Crippen LogP contribution < -0.4 is 10.5 Å². The molecule has 0 unspecified atom stereocenters. The number of benzene rings is 1. The van der Waals surface area contributed by atoms with Crippen LogP contribution in [-0.4, -0.2) is 19.7 Å². The molecule has 0 aliphatic heterocycles. The summed E-state index contributed by atoms with van der Waals surface area (Å²) in [6.45, 7) is 2.61. The summed E-state index contributed by atoms with van der Waals surface area (Å²) < 4.78 is 10.2. The van der Waals surface area contributed by atoms with E-state index >= 15 is 0 Å². The Balaban J connectivity index is 2.44. The van der Waals surface area contributed by atoms with E-state index in [0.717, 1.165) is 12.8 Å². The lowest BCUT2D eigenvalue weighted by molar-refractivity contribution is 0.0498. The smallest absolute Gasteiger partial charge is 0.338 e. The second kappa shape index (κ2) is 7.58. The van der Waals surface area contributed by atoms with E-state index in [2.05, 4.69) is 6.92 Å². The molecular weight excluding hydrogens is 230 g/mol. The number of nitrogen functional groups attached to an aromatic ring is 1. The van der Waals surface area contributed by atoms with E-state index in [1.807, 2.05) is 0 Å². The Morgan fingerprint density at radius 2 is 2.06 bits per heavy atom. The predicted octanol–water partition coefficient (Wildman–Crippen LogP) is 3.01. The summed E-state index contributed by atoms with van der Waals surface area (Å²) in [4.78, 5) is 11.7. The van der Waals surface area contributed by atoms with Gasteiger partial charge in [-0.15, -0.1) is 0 Å². The third kappa shape index (κ3) is 4.28. The molecule has 1 aromatic rings. The summed E-state index contributed by atoms with van der Waals surface area (Å²) in [7, 11) is 1.54. The Hall–Kier alpha value is -1.71. The summed E-state index contributed by atoms with van der Waals surface area (Å²) in [6, 6.07) is 4.90. The second-order valence-corrected chi connectivity index (χ2v) is 4.15. The lowest BCUT2D eigenvalue weighted by Crippen LogP contribution is -2.07. The van der Waals surface area contributed by atoms with Crippen molar-refractivity contribution < 1.29 is 14.3 Å². The number of hydrogen-bond donors (Lipinski definition) is 1. The molecule has 4 heteroatoms. The SMILES string of the molecule is CCCCCCOC(=O)c1ccc(OC)c(N)c1. The molecule has 0 amide bonds. The van der Waals surface area contributed by atoms with Crippen LogP contribution in [0, 0.1) is 0 Å². The van der Waals surface area contributed by atoms with Gasteiger partial charge >= 0.3 is 5.97 Å². The first-order valence-electron chi connectivity index (χ1n) is 6.29. The Morgan fingerprint density at radius 1 is 1.28 bits per heavy atom. The summed E-state index contributed by atoms with van der Waals surface area (Å²) >= 11 is 0. The molecule has 0 fully saturated rings. The number of carbonyl (C=O) groups is 1. The maximum absolute atomic E-state index is 11.7. The van der Waals surface area contributed by atoms with E-state index in [4.69, 9.17) is 15.2 Å². The van der Waals surface area contributed by atoms with Crippen LogP contribution in [0.4, 0.5) is 5.69 Å². The summed E-state index contributed by atoms with van der Waals surface area (Å²) in [5.41, 5.74) is 6.64. The minimum absolute atomic E-state index is 0.333. The average molecular weight is 251 g/mol. The van der Waals surface area contributed by atoms with Crippen LogP contribution in [0.5, 0.6) is 5.75 Å². The second-order valence-electron chi connectivity index (χ2n) is 4.15. The minimum Gasteiger partial charge on any atom is -0.495 e. The van der Waals surface area contributed by atoms with Crippen LogP contribution in [0.3, 0.4) is 0 Å². The lowest BCUT2D eigenvalue weighted by atomic mass is 10.2. The molecule has 0 aliphatic rings. The number of anilines is 1. The number of methoxy groups -OCH3 is 1. The summed E-state index contributed by atoms with van der Waals surface area (Å²) in [5.74, 6) is 0.232. The van der Waals surface area contributed by atoms with Gasteiger partial charge in [0.15, 0.2) is 0 Å². The highest BCUT2D eigenvalue weighted by Crippen LogP contribution is 2.22. The molecule has 0 saturated carbocycles. The van der Waals surface area contributed by atoms with Crippen molar-refractivity contribution in [2.45, 2.75) is 32.6 Å². The van der Waals surface area contributed by atoms with Crippen molar-refractivity contribution in [1.82, 2.24) is 0 Å². The monoisotopic (exact) mass is 251 g/mol. The number of unbranched alkanes of at least 4 members (excludes halogenated alkanes) is 3. The van der Waals surface area contributed by atoms with E-state index in [0.29, 0.717) is 23.6 Å². The third-order valence-corrected chi connectivity index (χ3v) is 2.70. The molecule has 0 aliphatic carbocycles. The Morgan fingerprint density at radius 3 is 2.67 bits per heavy atom. The maximum atomic E-state index is 11.7. The van der Waals surface area contributed by atoms with E-state index < -0.39 is 0 Å². The number of rotatable bonds is 7. The number of ether oxygens (including phenoxy) is 2. The molecule has 0 aromatic heterocycles. The number of nitrogens with two attached hydrogens (primary N) is 1. The van der Waals surface area contributed by atoms with Crippen molar-refractivity contribution in [1.29, 1.82) is 0 Å². The van der Waals surface area contributed by atoms with Gasteiger partial charge in [-0.05, 0) is 24.6 Å². The first-order chi connectivity index (χ1) is 8.69. The highest BCUT2D eigenvalue weighted by Gasteiger charge is 2.09. The fraction of sp³-hybridized carbons (Fsp3) is 0.500. The van der Waals surface area contributed by atoms with E-state index in [9.17, 15) is 4.79 Å². The van der Waals surface area contributed by atoms with Gasteiger partial charge in [0, 0.05) is 0 Å². The van der Waals surface area contributed by atoms with Crippen molar-refractivity contribution in [3.63, 3.8) is 0 Å². The van der Waals surface area contributed by atoms with Crippen LogP contribution in [-0.2, 0) is 4.74 Å². The maximum Gasteiger partial charge on any atom is 0.338 e. The van der Waals surface area contributed by atoms with Crippen LogP contribution in [0.1, 0.15) is 43.0 Å². The predicted molar refractivity (Wildman–Crippen MR) is 71.8 cm³/mol. The zero-order valence-corrected chi connectivity index (χ0v) is 11.1. The quantitative estimate of drug-likeness (QED) is 0.459. The molecule has 1 aromatic carbocycles. The van der Waals surface area contributed by atoms with Crippen molar-refractivity contribution in [3.05, 3.63) is 23.8 Å². The molecule has 0 saturated heterocycles. The molecule has 0 radical (unpaired) electrons. The van der Waals surface area contributed by atoms with Crippen molar-refractivity contribution in [3.8, 4) is 5.75 Å². The van der Waals surface area contributed by atoms with E-state index in [-0.39, 0.29) is 5.97 Å². The Kier molecular flexibility index (Phi) is 6.05. The Bertz CT molecular complexity index is 391. The molecule has 0 spiro atoms. The van der Waals surface area contributed by atoms with Crippen LogP contribution in [0.25, 0.3) is 0 Å². The highest BCUT2D eigenvalue weighted by molar-refractivity contribution is 5.91. The molecular formula is C14H21NO3. The lowest BCUT2D eigenvalue weighted by Gasteiger charge is -2.07. The van der Waals surface area contributed by atoms with Gasteiger partial charge in [-0.3, -0.25) is 0 Å². The molecule has 18 heavy (non-hydrogen) atoms. The van der Waals surface area contributed by atoms with Gasteiger partial charge in [0.05, 0.1) is 25.0 Å². The first kappa shape index (κ1) is 14.4. The van der Waals surface area contributed by atoms with E-state index in [1.54, 1.807) is 18.2 Å². The molecule has 4 nitrogen and oxygen atoms in total. The van der Waals surface area contributed by atoms with Crippen LogP contribution in [0.2, 0.25) is 0 Å². The third-order valence-electron chi connectivity index (χ3n) is 2.70. The van der Waals surface area contributed by atoms with Crippen molar-refractivity contribution >= 4 is 11.7 Å². The Labute approximate surface area is 108 Å². The summed E-state index contributed by atoms with van der Waals surface area (Å²) in [6.07, 6.45) is 4.34. The first-order valence-corrected chi connectivity index (χ1v) is 6.29. The van der Waals surface area contributed by atoms with Gasteiger partial charge in [0.1, 0.15) is 5.75 Å². The van der Waals surface area contributed by atoms with E-state index in [1.165, 1.54) is 20.0 Å². The normalized spacial score (nSPS) is 10.1. The fourth-order valence-corrected chi connectivity index (χ4v) is 1.64. The van der Waals surface area contributed by atoms with Gasteiger partial charge in [-0.2, -0.15) is 0 Å². The molecule has 1 rings (SSSR count). The molecule has 0 bridgehead atoms. The van der Waals surface area contributed by atoms with Crippen molar-refractivity contribution in [2.24, 2.45) is 0 Å².